The Morgan fingerprint density at radius 3 is 2.56 bits per heavy atom. The van der Waals surface area contributed by atoms with E-state index in [1.807, 2.05) is 12.1 Å². The van der Waals surface area contributed by atoms with E-state index in [0.717, 1.165) is 30.9 Å². The summed E-state index contributed by atoms with van der Waals surface area (Å²) in [6.45, 7) is 0. The summed E-state index contributed by atoms with van der Waals surface area (Å²) in [6.07, 6.45) is 0.922. The third kappa shape index (κ3) is 3.42. The Morgan fingerprint density at radius 2 is 1.89 bits per heavy atom. The van der Waals surface area contributed by atoms with Crippen molar-refractivity contribution in [1.29, 1.82) is 0 Å². The van der Waals surface area contributed by atoms with Gasteiger partial charge in [0.05, 0.1) is 5.39 Å². The zero-order chi connectivity index (χ0) is 19.0. The van der Waals surface area contributed by atoms with Crippen LogP contribution < -0.4 is 5.32 Å². The lowest BCUT2D eigenvalue weighted by molar-refractivity contribution is -0.141. The standard InChI is InChI=1S/C19H15F3N4O/c20-19(21,22)15-10-9-14-16(23-15)25-26-17(14)24-18(27)13-7-5-12(6-8-13)11-3-1-2-4-11/h3,5-10H,1-2,4H2,(H2,23,24,25,26,27). The van der Waals surface area contributed by atoms with Crippen molar-refractivity contribution in [1.82, 2.24) is 15.2 Å². The number of hydrogen-bond acceptors (Lipinski definition) is 3. The van der Waals surface area contributed by atoms with Crippen molar-refractivity contribution >= 4 is 28.3 Å². The quantitative estimate of drug-likeness (QED) is 0.694. The molecule has 2 heterocycles. The van der Waals surface area contributed by atoms with Crippen LogP contribution in [0, 0.1) is 0 Å². The second-order valence-electron chi connectivity index (χ2n) is 6.32. The summed E-state index contributed by atoms with van der Waals surface area (Å²) in [5, 5.41) is 9.21. The lowest BCUT2D eigenvalue weighted by Crippen LogP contribution is -2.12. The number of halogens is 3. The van der Waals surface area contributed by atoms with Crippen LogP contribution in [-0.4, -0.2) is 21.1 Å². The number of nitrogens with one attached hydrogen (secondary N) is 2. The number of fused-ring (bicyclic) bond motifs is 1. The molecule has 0 aliphatic heterocycles. The minimum Gasteiger partial charge on any atom is -0.305 e. The molecule has 4 rings (SSSR count). The Labute approximate surface area is 152 Å². The van der Waals surface area contributed by atoms with Crippen molar-refractivity contribution in [2.75, 3.05) is 5.32 Å². The van der Waals surface area contributed by atoms with Gasteiger partial charge in [-0.2, -0.15) is 18.3 Å². The van der Waals surface area contributed by atoms with Gasteiger partial charge in [0.25, 0.3) is 5.91 Å². The highest BCUT2D eigenvalue weighted by Crippen LogP contribution is 2.30. The summed E-state index contributed by atoms with van der Waals surface area (Å²) in [5.41, 5.74) is 1.76. The summed E-state index contributed by atoms with van der Waals surface area (Å²) >= 11 is 0. The highest BCUT2D eigenvalue weighted by Gasteiger charge is 2.33. The van der Waals surface area contributed by atoms with E-state index < -0.39 is 17.8 Å². The van der Waals surface area contributed by atoms with Gasteiger partial charge in [0.1, 0.15) is 5.69 Å². The molecule has 27 heavy (non-hydrogen) atoms. The average molecular weight is 372 g/mol. The maximum atomic E-state index is 12.7. The van der Waals surface area contributed by atoms with Crippen molar-refractivity contribution in [3.63, 3.8) is 0 Å². The highest BCUT2D eigenvalue weighted by atomic mass is 19.4. The Bertz CT molecular complexity index is 1040. The van der Waals surface area contributed by atoms with Crippen LogP contribution in [0.4, 0.5) is 19.0 Å². The number of pyridine rings is 1. The van der Waals surface area contributed by atoms with Crippen molar-refractivity contribution < 1.29 is 18.0 Å². The number of aromatic nitrogens is 3. The molecule has 0 fully saturated rings. The van der Waals surface area contributed by atoms with E-state index in [0.29, 0.717) is 10.9 Å². The monoisotopic (exact) mass is 372 g/mol. The predicted molar refractivity (Wildman–Crippen MR) is 95.1 cm³/mol. The molecule has 0 bridgehead atoms. The number of nitrogens with zero attached hydrogens (tertiary/aromatic N) is 2. The minimum absolute atomic E-state index is 0.0383. The van der Waals surface area contributed by atoms with Gasteiger partial charge in [0.2, 0.25) is 0 Å². The molecule has 0 saturated heterocycles. The van der Waals surface area contributed by atoms with Crippen molar-refractivity contribution in [3.05, 3.63) is 59.3 Å². The third-order valence-electron chi connectivity index (χ3n) is 4.51. The molecule has 1 aliphatic carbocycles. The molecule has 0 atom stereocenters. The second kappa shape index (κ2) is 6.53. The molecule has 8 heteroatoms. The first kappa shape index (κ1) is 17.3. The summed E-state index contributed by atoms with van der Waals surface area (Å²) in [5.74, 6) is -0.256. The lowest BCUT2D eigenvalue weighted by Gasteiger charge is -2.06. The fraction of sp³-hybridized carbons (Fsp3) is 0.211. The Morgan fingerprint density at radius 1 is 1.11 bits per heavy atom. The molecule has 0 radical (unpaired) electrons. The number of benzene rings is 1. The summed E-state index contributed by atoms with van der Waals surface area (Å²) < 4.78 is 38.2. The number of hydrogen-bond donors (Lipinski definition) is 2. The first-order valence-electron chi connectivity index (χ1n) is 8.45. The van der Waals surface area contributed by atoms with Crippen molar-refractivity contribution in [3.8, 4) is 0 Å². The Hall–Kier alpha value is -3.16. The van der Waals surface area contributed by atoms with Crippen LogP contribution >= 0.6 is 0 Å². The number of rotatable bonds is 3. The van der Waals surface area contributed by atoms with Crippen LogP contribution in [0.15, 0.2) is 42.5 Å². The Kier molecular flexibility index (Phi) is 4.18. The number of carbonyl (C=O) groups excluding carboxylic acids is 1. The van der Waals surface area contributed by atoms with Gasteiger partial charge in [-0.15, -0.1) is 0 Å². The molecule has 2 N–H and O–H groups in total. The molecule has 1 amide bonds. The van der Waals surface area contributed by atoms with E-state index in [1.54, 1.807) is 12.1 Å². The van der Waals surface area contributed by atoms with E-state index >= 15 is 0 Å². The van der Waals surface area contributed by atoms with Crippen LogP contribution in [0.5, 0.6) is 0 Å². The van der Waals surface area contributed by atoms with Gasteiger partial charge < -0.3 is 5.32 Å². The number of anilines is 1. The predicted octanol–water partition coefficient (Wildman–Crippen LogP) is 4.80. The third-order valence-corrected chi connectivity index (χ3v) is 4.51. The van der Waals surface area contributed by atoms with Crippen LogP contribution in [0.2, 0.25) is 0 Å². The van der Waals surface area contributed by atoms with Crippen molar-refractivity contribution in [2.24, 2.45) is 0 Å². The van der Waals surface area contributed by atoms with Gasteiger partial charge in [0, 0.05) is 5.56 Å². The van der Waals surface area contributed by atoms with E-state index in [2.05, 4.69) is 26.6 Å². The number of allylic oxidation sites excluding steroid dienone is 2. The average Bonchev–Trinajstić information content (AvgIpc) is 3.31. The van der Waals surface area contributed by atoms with Crippen LogP contribution in [0.1, 0.15) is 40.9 Å². The fourth-order valence-corrected chi connectivity index (χ4v) is 3.11. The van der Waals surface area contributed by atoms with Gasteiger partial charge in [-0.3, -0.25) is 9.89 Å². The Balaban J connectivity index is 1.54. The minimum atomic E-state index is -4.54. The molecule has 3 aromatic rings. The number of carbonyl (C=O) groups is 1. The zero-order valence-electron chi connectivity index (χ0n) is 14.1. The molecule has 0 saturated carbocycles. The summed E-state index contributed by atoms with van der Waals surface area (Å²) in [6, 6.07) is 9.33. The largest absolute Gasteiger partial charge is 0.433 e. The number of alkyl halides is 3. The van der Waals surface area contributed by atoms with Gasteiger partial charge in [0.15, 0.2) is 11.5 Å². The molecule has 1 aromatic carbocycles. The van der Waals surface area contributed by atoms with Gasteiger partial charge >= 0.3 is 6.18 Å². The smallest absolute Gasteiger partial charge is 0.305 e. The topological polar surface area (TPSA) is 70.7 Å². The zero-order valence-corrected chi connectivity index (χ0v) is 14.1. The van der Waals surface area contributed by atoms with Crippen molar-refractivity contribution in [2.45, 2.75) is 25.4 Å². The lowest BCUT2D eigenvalue weighted by atomic mass is 10.0. The first-order chi connectivity index (χ1) is 12.9. The number of amides is 1. The van der Waals surface area contributed by atoms with Crippen LogP contribution in [0.25, 0.3) is 16.6 Å². The van der Waals surface area contributed by atoms with E-state index in [4.69, 9.17) is 0 Å². The molecule has 0 spiro atoms. The molecule has 1 aliphatic rings. The van der Waals surface area contributed by atoms with Gasteiger partial charge in [-0.1, -0.05) is 18.2 Å². The summed E-state index contributed by atoms with van der Waals surface area (Å²) in [7, 11) is 0. The fourth-order valence-electron chi connectivity index (χ4n) is 3.11. The van der Waals surface area contributed by atoms with Gasteiger partial charge in [-0.25, -0.2) is 4.98 Å². The van der Waals surface area contributed by atoms with Crippen LogP contribution in [-0.2, 0) is 6.18 Å². The maximum absolute atomic E-state index is 12.7. The molecular formula is C19H15F3N4O. The van der Waals surface area contributed by atoms with Crippen LogP contribution in [0.3, 0.4) is 0 Å². The summed E-state index contributed by atoms with van der Waals surface area (Å²) in [4.78, 5) is 15.9. The highest BCUT2D eigenvalue weighted by molar-refractivity contribution is 6.07. The maximum Gasteiger partial charge on any atom is 0.433 e. The SMILES string of the molecule is O=C(Nc1n[nH]c2nc(C(F)(F)F)ccc12)c1ccc(C2=CCCC2)cc1. The molecule has 0 unspecified atom stereocenters. The van der Waals surface area contributed by atoms with E-state index in [1.165, 1.54) is 11.6 Å². The second-order valence-corrected chi connectivity index (χ2v) is 6.32. The van der Waals surface area contributed by atoms with E-state index in [-0.39, 0.29) is 11.5 Å². The first-order valence-corrected chi connectivity index (χ1v) is 8.45. The molecule has 2 aromatic heterocycles. The molecule has 5 nitrogen and oxygen atoms in total. The normalized spacial score (nSPS) is 14.4. The molecular weight excluding hydrogens is 357 g/mol. The number of H-pyrrole nitrogens is 1. The van der Waals surface area contributed by atoms with Gasteiger partial charge in [-0.05, 0) is 54.7 Å². The van der Waals surface area contributed by atoms with E-state index in [9.17, 15) is 18.0 Å². The number of aromatic amines is 1. The molecule has 138 valence electrons.